The Hall–Kier alpha value is -1.59. The van der Waals surface area contributed by atoms with Gasteiger partial charge in [-0.25, -0.2) is 0 Å². The van der Waals surface area contributed by atoms with Gasteiger partial charge in [-0.05, 0) is 44.1 Å². The van der Waals surface area contributed by atoms with Crippen LogP contribution in [0.3, 0.4) is 0 Å². The minimum Gasteiger partial charge on any atom is -0.508 e. The molecule has 1 amide bonds. The van der Waals surface area contributed by atoms with Crippen molar-refractivity contribution in [3.63, 3.8) is 0 Å². The lowest BCUT2D eigenvalue weighted by atomic mass is 10.1. The second-order valence-electron chi connectivity index (χ2n) is 5.37. The maximum absolute atomic E-state index is 12.1. The van der Waals surface area contributed by atoms with E-state index >= 15 is 0 Å². The number of hydrogen-bond acceptors (Lipinski definition) is 4. The van der Waals surface area contributed by atoms with Crippen LogP contribution in [0.25, 0.3) is 0 Å². The minimum atomic E-state index is -0.575. The normalized spacial score (nSPS) is 14.0. The van der Waals surface area contributed by atoms with E-state index in [1.54, 1.807) is 24.3 Å². The van der Waals surface area contributed by atoms with Crippen molar-refractivity contribution in [2.45, 2.75) is 39.3 Å². The lowest BCUT2D eigenvalue weighted by molar-refractivity contribution is -0.123. The zero-order valence-corrected chi connectivity index (χ0v) is 13.2. The van der Waals surface area contributed by atoms with Gasteiger partial charge in [0, 0.05) is 12.6 Å². The number of nitrogens with zero attached hydrogens (tertiary/aromatic N) is 1. The van der Waals surface area contributed by atoms with Crippen LogP contribution in [0.2, 0.25) is 0 Å². The molecule has 21 heavy (non-hydrogen) atoms. The molecule has 0 aliphatic heterocycles. The number of likely N-dealkylation sites (N-methyl/N-ethyl adjacent to an activating group) is 1. The summed E-state index contributed by atoms with van der Waals surface area (Å²) in [5.41, 5.74) is 6.88. The molecule has 0 saturated heterocycles. The van der Waals surface area contributed by atoms with Gasteiger partial charge in [0.25, 0.3) is 0 Å². The predicted octanol–water partition coefficient (Wildman–Crippen LogP) is 1.11. The van der Waals surface area contributed by atoms with Gasteiger partial charge >= 0.3 is 0 Å². The average Bonchev–Trinajstić information content (AvgIpc) is 2.46. The number of aromatic hydroxyl groups is 1. The van der Waals surface area contributed by atoms with E-state index in [1.165, 1.54) is 0 Å². The lowest BCUT2D eigenvalue weighted by Crippen LogP contribution is -2.49. The topological polar surface area (TPSA) is 78.6 Å². The number of benzene rings is 1. The Balaban J connectivity index is 2.45. The van der Waals surface area contributed by atoms with E-state index in [2.05, 4.69) is 24.1 Å². The van der Waals surface area contributed by atoms with Crippen molar-refractivity contribution in [2.75, 3.05) is 19.6 Å². The van der Waals surface area contributed by atoms with Crippen molar-refractivity contribution in [3.8, 4) is 5.75 Å². The Bertz CT molecular complexity index is 430. The van der Waals surface area contributed by atoms with Gasteiger partial charge in [0.15, 0.2) is 0 Å². The fourth-order valence-corrected chi connectivity index (χ4v) is 2.24. The first-order valence-electron chi connectivity index (χ1n) is 7.52. The number of carbonyl (C=O) groups excluding carboxylic acids is 1. The highest BCUT2D eigenvalue weighted by Gasteiger charge is 2.17. The molecule has 0 aliphatic carbocycles. The number of amides is 1. The zero-order chi connectivity index (χ0) is 15.8. The highest BCUT2D eigenvalue weighted by atomic mass is 16.3. The van der Waals surface area contributed by atoms with Gasteiger partial charge in [0.2, 0.25) is 5.91 Å². The monoisotopic (exact) mass is 293 g/mol. The summed E-state index contributed by atoms with van der Waals surface area (Å²) in [5, 5.41) is 12.2. The Labute approximate surface area is 127 Å². The third-order valence-corrected chi connectivity index (χ3v) is 3.54. The first-order valence-corrected chi connectivity index (χ1v) is 7.52. The second kappa shape index (κ2) is 8.64. The molecular weight excluding hydrogens is 266 g/mol. The van der Waals surface area contributed by atoms with Crippen molar-refractivity contribution < 1.29 is 9.90 Å². The molecule has 0 bridgehead atoms. The summed E-state index contributed by atoms with van der Waals surface area (Å²) >= 11 is 0. The van der Waals surface area contributed by atoms with E-state index in [4.69, 9.17) is 5.73 Å². The van der Waals surface area contributed by atoms with E-state index in [9.17, 15) is 9.90 Å². The van der Waals surface area contributed by atoms with Gasteiger partial charge in [-0.15, -0.1) is 0 Å². The van der Waals surface area contributed by atoms with Crippen molar-refractivity contribution in [2.24, 2.45) is 5.73 Å². The molecule has 0 aromatic heterocycles. The van der Waals surface area contributed by atoms with Gasteiger partial charge in [0.1, 0.15) is 5.75 Å². The minimum absolute atomic E-state index is 0.0725. The summed E-state index contributed by atoms with van der Waals surface area (Å²) in [7, 11) is 0. The second-order valence-corrected chi connectivity index (χ2v) is 5.37. The Morgan fingerprint density at radius 1 is 1.29 bits per heavy atom. The first kappa shape index (κ1) is 17.5. The van der Waals surface area contributed by atoms with Crippen LogP contribution < -0.4 is 11.1 Å². The lowest BCUT2D eigenvalue weighted by Gasteiger charge is -2.24. The van der Waals surface area contributed by atoms with Crippen molar-refractivity contribution in [1.29, 1.82) is 0 Å². The van der Waals surface area contributed by atoms with Crippen molar-refractivity contribution in [1.82, 2.24) is 10.2 Å². The van der Waals surface area contributed by atoms with Gasteiger partial charge in [-0.3, -0.25) is 4.79 Å². The van der Waals surface area contributed by atoms with Crippen LogP contribution in [-0.4, -0.2) is 47.6 Å². The molecule has 2 atom stereocenters. The Kier molecular flexibility index (Phi) is 7.19. The Morgan fingerprint density at radius 2 is 1.86 bits per heavy atom. The van der Waals surface area contributed by atoms with E-state index in [0.717, 1.165) is 25.2 Å². The number of rotatable bonds is 8. The third kappa shape index (κ3) is 6.14. The number of nitrogens with two attached hydrogens (primary N) is 1. The third-order valence-electron chi connectivity index (χ3n) is 3.54. The molecule has 5 heteroatoms. The molecule has 5 nitrogen and oxygen atoms in total. The van der Waals surface area contributed by atoms with E-state index in [-0.39, 0.29) is 17.7 Å². The average molecular weight is 293 g/mol. The zero-order valence-electron chi connectivity index (χ0n) is 13.2. The smallest absolute Gasteiger partial charge is 0.237 e. The van der Waals surface area contributed by atoms with Crippen LogP contribution in [-0.2, 0) is 11.2 Å². The van der Waals surface area contributed by atoms with Crippen LogP contribution in [0.5, 0.6) is 5.75 Å². The first-order chi connectivity index (χ1) is 9.96. The molecular formula is C16H27N3O2. The maximum atomic E-state index is 12.1. The van der Waals surface area contributed by atoms with Gasteiger partial charge in [-0.2, -0.15) is 0 Å². The summed E-state index contributed by atoms with van der Waals surface area (Å²) in [5.74, 6) is 0.0762. The summed E-state index contributed by atoms with van der Waals surface area (Å²) in [6, 6.07) is 6.26. The molecule has 1 aromatic carbocycles. The molecule has 1 aromatic rings. The molecule has 1 unspecified atom stereocenters. The number of carbonyl (C=O) groups is 1. The van der Waals surface area contributed by atoms with Gasteiger partial charge in [-0.1, -0.05) is 26.0 Å². The molecule has 118 valence electrons. The van der Waals surface area contributed by atoms with Gasteiger partial charge < -0.3 is 21.1 Å². The standard InChI is InChI=1S/C16H27N3O2/c1-4-19(5-2)11-12(3)18-16(21)15(17)10-13-6-8-14(20)9-7-13/h6-9,12,15,20H,4-5,10-11,17H2,1-3H3,(H,18,21)/t12?,15-/m1/s1. The fourth-order valence-electron chi connectivity index (χ4n) is 2.24. The van der Waals surface area contributed by atoms with Crippen LogP contribution in [0, 0.1) is 0 Å². The van der Waals surface area contributed by atoms with Crippen molar-refractivity contribution in [3.05, 3.63) is 29.8 Å². The summed E-state index contributed by atoms with van der Waals surface area (Å²) < 4.78 is 0. The van der Waals surface area contributed by atoms with Crippen LogP contribution >= 0.6 is 0 Å². The van der Waals surface area contributed by atoms with Crippen molar-refractivity contribution >= 4 is 5.91 Å². The molecule has 4 N–H and O–H groups in total. The van der Waals surface area contributed by atoms with Crippen LogP contribution in [0.15, 0.2) is 24.3 Å². The summed E-state index contributed by atoms with van der Waals surface area (Å²) in [6.45, 7) is 8.96. The molecule has 0 spiro atoms. The number of phenols is 1. The van der Waals surface area contributed by atoms with E-state index in [0.29, 0.717) is 6.42 Å². The van der Waals surface area contributed by atoms with E-state index < -0.39 is 6.04 Å². The highest BCUT2D eigenvalue weighted by molar-refractivity contribution is 5.82. The number of nitrogens with one attached hydrogen (secondary N) is 1. The summed E-state index contributed by atoms with van der Waals surface area (Å²) in [6.07, 6.45) is 0.462. The van der Waals surface area contributed by atoms with Gasteiger partial charge in [0.05, 0.1) is 6.04 Å². The van der Waals surface area contributed by atoms with Crippen LogP contribution in [0.4, 0.5) is 0 Å². The molecule has 0 aliphatic rings. The summed E-state index contributed by atoms with van der Waals surface area (Å²) in [4.78, 5) is 14.3. The Morgan fingerprint density at radius 3 is 2.38 bits per heavy atom. The van der Waals surface area contributed by atoms with E-state index in [1.807, 2.05) is 6.92 Å². The van der Waals surface area contributed by atoms with Crippen LogP contribution in [0.1, 0.15) is 26.3 Å². The number of hydrogen-bond donors (Lipinski definition) is 3. The SMILES string of the molecule is CCN(CC)CC(C)NC(=O)[C@H](N)Cc1ccc(O)cc1. The fraction of sp³-hybridized carbons (Fsp3) is 0.562. The highest BCUT2D eigenvalue weighted by Crippen LogP contribution is 2.10. The molecule has 0 radical (unpaired) electrons. The molecule has 0 heterocycles. The molecule has 1 rings (SSSR count). The quantitative estimate of drug-likeness (QED) is 0.671. The molecule has 0 saturated carbocycles. The number of phenolic OH excluding ortho intramolecular Hbond substituents is 1. The molecule has 0 fully saturated rings. The maximum Gasteiger partial charge on any atom is 0.237 e. The predicted molar refractivity (Wildman–Crippen MR) is 85.2 cm³/mol. The largest absolute Gasteiger partial charge is 0.508 e.